The minimum atomic E-state index is 0.0350. The van der Waals surface area contributed by atoms with Crippen molar-refractivity contribution in [3.8, 4) is 5.75 Å². The third-order valence-electron chi connectivity index (χ3n) is 3.31. The monoisotopic (exact) mass is 260 g/mol. The molecule has 0 saturated heterocycles. The molecule has 19 heavy (non-hydrogen) atoms. The van der Waals surface area contributed by atoms with Crippen LogP contribution in [0.1, 0.15) is 19.3 Å². The van der Waals surface area contributed by atoms with E-state index in [0.717, 1.165) is 30.7 Å². The molecule has 102 valence electrons. The second-order valence-electron chi connectivity index (χ2n) is 4.89. The standard InChI is InChI=1S/C15H20N2O2/c1-2-8-19-14-5-3-4-13(10-14)17-15(18)11-6-7-12(16)9-11/h2-5,10-12H,1,6-9,16H2,(H,17,18). The molecule has 0 aromatic heterocycles. The second kappa shape index (κ2) is 6.38. The Labute approximate surface area is 113 Å². The van der Waals surface area contributed by atoms with Crippen molar-refractivity contribution in [1.29, 1.82) is 0 Å². The molecule has 1 fully saturated rings. The number of benzene rings is 1. The highest BCUT2D eigenvalue weighted by Crippen LogP contribution is 2.26. The van der Waals surface area contributed by atoms with E-state index in [9.17, 15) is 4.79 Å². The Kier molecular flexibility index (Phi) is 4.58. The highest BCUT2D eigenvalue weighted by atomic mass is 16.5. The zero-order chi connectivity index (χ0) is 13.7. The molecule has 2 rings (SSSR count). The quantitative estimate of drug-likeness (QED) is 0.798. The predicted molar refractivity (Wildman–Crippen MR) is 76.1 cm³/mol. The number of rotatable bonds is 5. The molecule has 3 N–H and O–H groups in total. The molecule has 1 aromatic carbocycles. The van der Waals surface area contributed by atoms with Crippen LogP contribution in [-0.4, -0.2) is 18.6 Å². The zero-order valence-electron chi connectivity index (χ0n) is 11.0. The molecule has 4 heteroatoms. The summed E-state index contributed by atoms with van der Waals surface area (Å²) in [6.45, 7) is 4.05. The third kappa shape index (κ3) is 3.83. The molecule has 1 aromatic rings. The number of ether oxygens (including phenoxy) is 1. The molecular weight excluding hydrogens is 240 g/mol. The molecule has 1 aliphatic rings. The maximum absolute atomic E-state index is 12.1. The van der Waals surface area contributed by atoms with Crippen LogP contribution in [0.4, 0.5) is 5.69 Å². The maximum Gasteiger partial charge on any atom is 0.227 e. The first-order chi connectivity index (χ1) is 9.19. The van der Waals surface area contributed by atoms with Gasteiger partial charge in [0, 0.05) is 23.7 Å². The molecule has 0 spiro atoms. The van der Waals surface area contributed by atoms with Gasteiger partial charge in [0.25, 0.3) is 0 Å². The molecule has 1 saturated carbocycles. The van der Waals surface area contributed by atoms with Crippen LogP contribution in [-0.2, 0) is 4.79 Å². The fraction of sp³-hybridized carbons (Fsp3) is 0.400. The van der Waals surface area contributed by atoms with Crippen molar-refractivity contribution in [3.05, 3.63) is 36.9 Å². The Morgan fingerprint density at radius 2 is 2.37 bits per heavy atom. The van der Waals surface area contributed by atoms with Crippen LogP contribution in [0.3, 0.4) is 0 Å². The normalized spacial score (nSPS) is 21.9. The lowest BCUT2D eigenvalue weighted by atomic mass is 10.1. The van der Waals surface area contributed by atoms with Gasteiger partial charge in [-0.15, -0.1) is 0 Å². The minimum absolute atomic E-state index is 0.0350. The van der Waals surface area contributed by atoms with E-state index in [0.29, 0.717) is 6.61 Å². The van der Waals surface area contributed by atoms with Crippen molar-refractivity contribution in [2.75, 3.05) is 11.9 Å². The molecule has 0 bridgehead atoms. The van der Waals surface area contributed by atoms with Gasteiger partial charge in [-0.1, -0.05) is 18.7 Å². The topological polar surface area (TPSA) is 64.3 Å². The number of carbonyl (C=O) groups is 1. The number of carbonyl (C=O) groups excluding carboxylic acids is 1. The van der Waals surface area contributed by atoms with Crippen molar-refractivity contribution in [2.45, 2.75) is 25.3 Å². The molecule has 1 amide bonds. The number of hydrogen-bond acceptors (Lipinski definition) is 3. The summed E-state index contributed by atoms with van der Waals surface area (Å²) in [5.74, 6) is 0.808. The average molecular weight is 260 g/mol. The van der Waals surface area contributed by atoms with Crippen LogP contribution in [0.5, 0.6) is 5.75 Å². The summed E-state index contributed by atoms with van der Waals surface area (Å²) >= 11 is 0. The summed E-state index contributed by atoms with van der Waals surface area (Å²) in [7, 11) is 0. The van der Waals surface area contributed by atoms with Crippen molar-refractivity contribution >= 4 is 11.6 Å². The Balaban J connectivity index is 1.94. The number of hydrogen-bond donors (Lipinski definition) is 2. The van der Waals surface area contributed by atoms with Gasteiger partial charge in [0.2, 0.25) is 5.91 Å². The Bertz CT molecular complexity index is 459. The van der Waals surface area contributed by atoms with Crippen molar-refractivity contribution < 1.29 is 9.53 Å². The van der Waals surface area contributed by atoms with E-state index in [1.807, 2.05) is 24.3 Å². The molecular formula is C15H20N2O2. The summed E-state index contributed by atoms with van der Waals surface area (Å²) in [4.78, 5) is 12.1. The first kappa shape index (κ1) is 13.6. The van der Waals surface area contributed by atoms with E-state index in [1.54, 1.807) is 6.08 Å². The highest BCUT2D eigenvalue weighted by Gasteiger charge is 2.27. The number of amides is 1. The SMILES string of the molecule is C=CCOc1cccc(NC(=O)C2CCC(N)C2)c1. The lowest BCUT2D eigenvalue weighted by Gasteiger charge is -2.12. The molecule has 4 nitrogen and oxygen atoms in total. The van der Waals surface area contributed by atoms with Crippen LogP contribution in [0.15, 0.2) is 36.9 Å². The van der Waals surface area contributed by atoms with Crippen molar-refractivity contribution in [2.24, 2.45) is 11.7 Å². The van der Waals surface area contributed by atoms with Gasteiger partial charge in [0.1, 0.15) is 12.4 Å². The summed E-state index contributed by atoms with van der Waals surface area (Å²) in [5.41, 5.74) is 6.58. The smallest absolute Gasteiger partial charge is 0.227 e. The molecule has 0 heterocycles. The van der Waals surface area contributed by atoms with Crippen LogP contribution in [0, 0.1) is 5.92 Å². The second-order valence-corrected chi connectivity index (χ2v) is 4.89. The molecule has 0 radical (unpaired) electrons. The molecule has 1 aliphatic carbocycles. The zero-order valence-corrected chi connectivity index (χ0v) is 11.0. The molecule has 2 unspecified atom stereocenters. The van der Waals surface area contributed by atoms with Crippen LogP contribution in [0.2, 0.25) is 0 Å². The fourth-order valence-electron chi connectivity index (χ4n) is 2.32. The lowest BCUT2D eigenvalue weighted by Crippen LogP contribution is -2.23. The highest BCUT2D eigenvalue weighted by molar-refractivity contribution is 5.92. The van der Waals surface area contributed by atoms with Gasteiger partial charge in [-0.05, 0) is 31.4 Å². The van der Waals surface area contributed by atoms with Gasteiger partial charge in [-0.2, -0.15) is 0 Å². The van der Waals surface area contributed by atoms with Crippen LogP contribution in [0.25, 0.3) is 0 Å². The van der Waals surface area contributed by atoms with Gasteiger partial charge in [0.05, 0.1) is 0 Å². The van der Waals surface area contributed by atoms with E-state index in [4.69, 9.17) is 10.5 Å². The molecule has 0 aliphatic heterocycles. The van der Waals surface area contributed by atoms with Gasteiger partial charge in [-0.3, -0.25) is 4.79 Å². The number of anilines is 1. The maximum atomic E-state index is 12.1. The first-order valence-electron chi connectivity index (χ1n) is 6.59. The van der Waals surface area contributed by atoms with Gasteiger partial charge >= 0.3 is 0 Å². The van der Waals surface area contributed by atoms with Gasteiger partial charge < -0.3 is 15.8 Å². The Hall–Kier alpha value is -1.81. The van der Waals surface area contributed by atoms with Crippen molar-refractivity contribution in [3.63, 3.8) is 0 Å². The van der Waals surface area contributed by atoms with Crippen LogP contribution >= 0.6 is 0 Å². The summed E-state index contributed by atoms with van der Waals surface area (Å²) in [5, 5.41) is 2.92. The van der Waals surface area contributed by atoms with E-state index in [2.05, 4.69) is 11.9 Å². The first-order valence-corrected chi connectivity index (χ1v) is 6.59. The number of nitrogens with two attached hydrogens (primary N) is 1. The Morgan fingerprint density at radius 1 is 1.53 bits per heavy atom. The third-order valence-corrected chi connectivity index (χ3v) is 3.31. The van der Waals surface area contributed by atoms with E-state index < -0.39 is 0 Å². The minimum Gasteiger partial charge on any atom is -0.489 e. The summed E-state index contributed by atoms with van der Waals surface area (Å²) < 4.78 is 5.43. The summed E-state index contributed by atoms with van der Waals surface area (Å²) in [6, 6.07) is 7.54. The van der Waals surface area contributed by atoms with Gasteiger partial charge in [0.15, 0.2) is 0 Å². The van der Waals surface area contributed by atoms with Crippen molar-refractivity contribution in [1.82, 2.24) is 0 Å². The fourth-order valence-corrected chi connectivity index (χ4v) is 2.32. The lowest BCUT2D eigenvalue weighted by molar-refractivity contribution is -0.119. The largest absolute Gasteiger partial charge is 0.489 e. The predicted octanol–water partition coefficient (Wildman–Crippen LogP) is 2.32. The van der Waals surface area contributed by atoms with E-state index >= 15 is 0 Å². The Morgan fingerprint density at radius 3 is 3.05 bits per heavy atom. The van der Waals surface area contributed by atoms with Crippen LogP contribution < -0.4 is 15.8 Å². The van der Waals surface area contributed by atoms with E-state index in [-0.39, 0.29) is 17.9 Å². The average Bonchev–Trinajstić information content (AvgIpc) is 2.83. The molecule has 2 atom stereocenters. The number of nitrogens with one attached hydrogen (secondary N) is 1. The summed E-state index contributed by atoms with van der Waals surface area (Å²) in [6.07, 6.45) is 4.27. The van der Waals surface area contributed by atoms with E-state index in [1.165, 1.54) is 0 Å². The van der Waals surface area contributed by atoms with Gasteiger partial charge in [-0.25, -0.2) is 0 Å².